The molecular weight excluding hydrogens is 355 g/mol. The molecule has 2 aliphatic carbocycles. The first-order chi connectivity index (χ1) is 12.2. The first kappa shape index (κ1) is 20.7. The predicted molar refractivity (Wildman–Crippen MR) is 101 cm³/mol. The molecule has 0 spiro atoms. The lowest BCUT2D eigenvalue weighted by atomic mass is 10.00. The SMILES string of the molecule is C=C(C)c1ccc(C)c2c(C(=O)C(F)(F)F)cc(C=[N+]([O-])C(C)(C)C)c-2c1. The van der Waals surface area contributed by atoms with Crippen LogP contribution in [0.3, 0.4) is 0 Å². The highest BCUT2D eigenvalue weighted by atomic mass is 19.4. The topological polar surface area (TPSA) is 43.1 Å². The van der Waals surface area contributed by atoms with Crippen LogP contribution >= 0.6 is 0 Å². The van der Waals surface area contributed by atoms with Gasteiger partial charge in [-0.15, -0.1) is 0 Å². The van der Waals surface area contributed by atoms with Crippen molar-refractivity contribution in [3.8, 4) is 11.1 Å². The zero-order chi connectivity index (χ0) is 20.7. The molecule has 0 bridgehead atoms. The van der Waals surface area contributed by atoms with Gasteiger partial charge in [0.05, 0.1) is 0 Å². The minimum Gasteiger partial charge on any atom is -0.623 e. The molecule has 0 aromatic heterocycles. The lowest BCUT2D eigenvalue weighted by Gasteiger charge is -2.18. The zero-order valence-electron chi connectivity index (χ0n) is 16.0. The number of allylic oxidation sites excluding steroid dienone is 1. The Kier molecular flexibility index (Phi) is 5.23. The molecule has 0 fully saturated rings. The molecule has 144 valence electrons. The van der Waals surface area contributed by atoms with E-state index in [-0.39, 0.29) is 11.1 Å². The van der Waals surface area contributed by atoms with Gasteiger partial charge < -0.3 is 5.21 Å². The number of aryl methyl sites for hydroxylation is 1. The van der Waals surface area contributed by atoms with Crippen LogP contribution in [0.25, 0.3) is 16.7 Å². The third-order valence-electron chi connectivity index (χ3n) is 4.27. The van der Waals surface area contributed by atoms with Gasteiger partial charge in [-0.2, -0.15) is 13.2 Å². The van der Waals surface area contributed by atoms with Crippen LogP contribution in [-0.4, -0.2) is 28.5 Å². The summed E-state index contributed by atoms with van der Waals surface area (Å²) < 4.78 is 40.0. The molecular formula is C21H22F3NO2. The van der Waals surface area contributed by atoms with Crippen LogP contribution in [0.2, 0.25) is 0 Å². The summed E-state index contributed by atoms with van der Waals surface area (Å²) in [4.78, 5) is 12.0. The predicted octanol–water partition coefficient (Wildman–Crippen LogP) is 5.61. The summed E-state index contributed by atoms with van der Waals surface area (Å²) >= 11 is 0. The van der Waals surface area contributed by atoms with E-state index in [2.05, 4.69) is 6.58 Å². The van der Waals surface area contributed by atoms with E-state index in [9.17, 15) is 23.2 Å². The number of halogens is 3. The number of carbonyl (C=O) groups excluding carboxylic acids is 1. The Morgan fingerprint density at radius 1 is 1.19 bits per heavy atom. The van der Waals surface area contributed by atoms with Gasteiger partial charge in [-0.1, -0.05) is 24.3 Å². The number of rotatable bonds is 3. The van der Waals surface area contributed by atoms with Crippen molar-refractivity contribution in [2.45, 2.75) is 46.3 Å². The average molecular weight is 377 g/mol. The minimum absolute atomic E-state index is 0.193. The maximum atomic E-state index is 13.1. The molecule has 0 unspecified atom stereocenters. The Balaban J connectivity index is 2.89. The number of ketones is 1. The van der Waals surface area contributed by atoms with Crippen molar-refractivity contribution in [3.63, 3.8) is 0 Å². The van der Waals surface area contributed by atoms with Crippen molar-refractivity contribution < 1.29 is 22.7 Å². The molecule has 0 aromatic carbocycles. The number of hydrogen-bond acceptors (Lipinski definition) is 2. The number of Topliss-reactive ketones (excluding diaryl/α,β-unsaturated/α-hetero) is 1. The van der Waals surface area contributed by atoms with Crippen molar-refractivity contribution in [3.05, 3.63) is 58.3 Å². The van der Waals surface area contributed by atoms with Crippen molar-refractivity contribution in [2.75, 3.05) is 0 Å². The normalized spacial score (nSPS) is 13.1. The zero-order valence-corrected chi connectivity index (χ0v) is 16.0. The van der Waals surface area contributed by atoms with Crippen LogP contribution in [0.5, 0.6) is 0 Å². The van der Waals surface area contributed by atoms with Crippen molar-refractivity contribution in [1.82, 2.24) is 0 Å². The van der Waals surface area contributed by atoms with E-state index < -0.39 is 23.1 Å². The molecule has 0 atom stereocenters. The van der Waals surface area contributed by atoms with Crippen LogP contribution in [-0.2, 0) is 0 Å². The number of carbonyl (C=O) groups is 1. The molecule has 0 heterocycles. The van der Waals surface area contributed by atoms with Crippen LogP contribution in [0.1, 0.15) is 54.7 Å². The summed E-state index contributed by atoms with van der Waals surface area (Å²) in [7, 11) is 0. The van der Waals surface area contributed by atoms with Gasteiger partial charge in [0.2, 0.25) is 0 Å². The molecule has 0 amide bonds. The summed E-state index contributed by atoms with van der Waals surface area (Å²) in [6.07, 6.45) is -3.77. The fourth-order valence-corrected chi connectivity index (χ4v) is 2.70. The van der Waals surface area contributed by atoms with Crippen molar-refractivity contribution >= 4 is 17.6 Å². The molecule has 0 saturated heterocycles. The van der Waals surface area contributed by atoms with Gasteiger partial charge in [-0.05, 0) is 48.2 Å². The van der Waals surface area contributed by atoms with Gasteiger partial charge in [-0.3, -0.25) is 4.79 Å². The number of hydrogen-bond donors (Lipinski definition) is 0. The second-order valence-electron chi connectivity index (χ2n) is 7.65. The first-order valence-corrected chi connectivity index (χ1v) is 8.39. The Hall–Kier alpha value is -2.63. The fourth-order valence-electron chi connectivity index (χ4n) is 2.70. The fraction of sp³-hybridized carbons (Fsp3) is 0.333. The first-order valence-electron chi connectivity index (χ1n) is 8.39. The Bertz CT molecular complexity index is 918. The molecule has 27 heavy (non-hydrogen) atoms. The minimum atomic E-state index is -5.00. The summed E-state index contributed by atoms with van der Waals surface area (Å²) in [6.45, 7) is 12.4. The summed E-state index contributed by atoms with van der Waals surface area (Å²) in [6, 6.07) is 6.20. The Morgan fingerprint density at radius 2 is 1.78 bits per heavy atom. The van der Waals surface area contributed by atoms with E-state index in [4.69, 9.17) is 0 Å². The molecule has 3 nitrogen and oxygen atoms in total. The highest BCUT2D eigenvalue weighted by molar-refractivity contribution is 6.11. The Morgan fingerprint density at radius 3 is 2.26 bits per heavy atom. The van der Waals surface area contributed by atoms with E-state index in [0.717, 1.165) is 11.6 Å². The van der Waals surface area contributed by atoms with Gasteiger partial charge in [0.1, 0.15) is 0 Å². The highest BCUT2D eigenvalue weighted by Gasteiger charge is 2.42. The third-order valence-corrected chi connectivity index (χ3v) is 4.27. The Labute approximate surface area is 156 Å². The van der Waals surface area contributed by atoms with Gasteiger partial charge >= 0.3 is 6.18 Å². The molecule has 2 rings (SSSR count). The summed E-state index contributed by atoms with van der Waals surface area (Å²) in [5.41, 5.74) is 1.59. The number of fused-ring (bicyclic) bond motifs is 1. The molecule has 0 aromatic rings. The smallest absolute Gasteiger partial charge is 0.454 e. The lowest BCUT2D eigenvalue weighted by Crippen LogP contribution is -2.29. The van der Waals surface area contributed by atoms with E-state index in [1.165, 1.54) is 6.21 Å². The van der Waals surface area contributed by atoms with Crippen LogP contribution < -0.4 is 0 Å². The maximum absolute atomic E-state index is 13.1. The monoisotopic (exact) mass is 377 g/mol. The molecule has 0 N–H and O–H groups in total. The van der Waals surface area contributed by atoms with Crippen molar-refractivity contribution in [1.29, 1.82) is 0 Å². The largest absolute Gasteiger partial charge is 0.623 e. The third kappa shape index (κ3) is 4.21. The standard InChI is InChI=1S/C21H22F3NO2/c1-12(2)14-8-7-13(3)18-16(9-14)15(11-25(27)20(4,5)6)10-17(18)19(26)21(22,23)24/h7-11H,1H2,2-6H3. The van der Waals surface area contributed by atoms with E-state index in [0.29, 0.717) is 21.4 Å². The average Bonchev–Trinajstić information content (AvgIpc) is 2.75. The van der Waals surface area contributed by atoms with Gasteiger partial charge in [0, 0.05) is 31.9 Å². The number of hydroxylamine groups is 1. The molecule has 2 aliphatic rings. The summed E-state index contributed by atoms with van der Waals surface area (Å²) in [5, 5.41) is 12.4. The van der Waals surface area contributed by atoms with Crippen LogP contribution in [0.15, 0.2) is 30.8 Å². The molecule has 0 radical (unpaired) electrons. The second kappa shape index (κ2) is 6.83. The highest BCUT2D eigenvalue weighted by Crippen LogP contribution is 2.38. The van der Waals surface area contributed by atoms with Gasteiger partial charge in [-0.25, -0.2) is 4.74 Å². The van der Waals surface area contributed by atoms with Crippen molar-refractivity contribution in [2.24, 2.45) is 0 Å². The van der Waals surface area contributed by atoms with E-state index in [1.807, 2.05) is 0 Å². The molecule has 0 saturated carbocycles. The lowest BCUT2D eigenvalue weighted by molar-refractivity contribution is -0.530. The van der Waals surface area contributed by atoms with Crippen LogP contribution in [0.4, 0.5) is 13.2 Å². The molecule has 0 aliphatic heterocycles. The van der Waals surface area contributed by atoms with E-state index >= 15 is 0 Å². The van der Waals surface area contributed by atoms with E-state index in [1.54, 1.807) is 52.8 Å². The van der Waals surface area contributed by atoms with Gasteiger partial charge in [0.15, 0.2) is 11.8 Å². The maximum Gasteiger partial charge on any atom is 0.454 e. The summed E-state index contributed by atoms with van der Waals surface area (Å²) in [5.74, 6) is -1.92. The second-order valence-corrected chi connectivity index (χ2v) is 7.65. The number of alkyl halides is 3. The quantitative estimate of drug-likeness (QED) is 0.230. The molecule has 6 heteroatoms. The van der Waals surface area contributed by atoms with Gasteiger partial charge in [0.25, 0.3) is 5.78 Å². The number of nitrogens with zero attached hydrogens (tertiary/aromatic N) is 1. The van der Waals surface area contributed by atoms with Crippen LogP contribution in [0, 0.1) is 12.1 Å².